The number of rotatable bonds is 3. The van der Waals surface area contributed by atoms with Crippen LogP contribution in [0.25, 0.3) is 12.2 Å². The summed E-state index contributed by atoms with van der Waals surface area (Å²) >= 11 is 0. The predicted octanol–water partition coefficient (Wildman–Crippen LogP) is 2.78. The number of nitrogens with two attached hydrogens (primary N) is 1. The third-order valence-electron chi connectivity index (χ3n) is 2.38. The summed E-state index contributed by atoms with van der Waals surface area (Å²) in [6.45, 7) is 0. The lowest BCUT2D eigenvalue weighted by Crippen LogP contribution is -1.83. The molecule has 0 aliphatic carbocycles. The molecule has 3 heteroatoms. The lowest BCUT2D eigenvalue weighted by molar-refractivity contribution is 0.415. The second-order valence-corrected chi connectivity index (χ2v) is 3.47. The average molecular weight is 214 g/mol. The van der Waals surface area contributed by atoms with Gasteiger partial charge in [-0.2, -0.15) is 0 Å². The van der Waals surface area contributed by atoms with E-state index in [9.17, 15) is 0 Å². The van der Waals surface area contributed by atoms with Crippen LogP contribution < -0.4 is 10.5 Å². The van der Waals surface area contributed by atoms with E-state index in [1.165, 1.54) is 0 Å². The zero-order valence-electron chi connectivity index (χ0n) is 9.10. The number of benzene rings is 1. The summed E-state index contributed by atoms with van der Waals surface area (Å²) in [6.07, 6.45) is 7.63. The molecular weight excluding hydrogens is 200 g/mol. The van der Waals surface area contributed by atoms with Crippen molar-refractivity contribution in [3.63, 3.8) is 0 Å². The lowest BCUT2D eigenvalue weighted by atomic mass is 10.1. The molecule has 1 aromatic heterocycles. The largest absolute Gasteiger partial charge is 0.497 e. The molecule has 0 spiro atoms. The zero-order chi connectivity index (χ0) is 11.4. The van der Waals surface area contributed by atoms with E-state index in [2.05, 4.69) is 4.98 Å². The molecule has 3 N–H and O–H groups in total. The molecule has 0 bridgehead atoms. The Morgan fingerprint density at radius 2 is 1.88 bits per heavy atom. The molecule has 2 rings (SSSR count). The maximum atomic E-state index is 5.75. The van der Waals surface area contributed by atoms with Crippen molar-refractivity contribution in [1.29, 1.82) is 0 Å². The van der Waals surface area contributed by atoms with Gasteiger partial charge in [-0.1, -0.05) is 24.3 Å². The van der Waals surface area contributed by atoms with Crippen LogP contribution in [0.5, 0.6) is 5.75 Å². The van der Waals surface area contributed by atoms with Crippen LogP contribution in [0, 0.1) is 0 Å². The third-order valence-corrected chi connectivity index (χ3v) is 2.38. The quantitative estimate of drug-likeness (QED) is 0.825. The van der Waals surface area contributed by atoms with Gasteiger partial charge in [-0.15, -0.1) is 0 Å². The molecular formula is C13H14N2O. The molecule has 0 saturated heterocycles. The number of H-pyrrole nitrogens is 1. The molecule has 1 heterocycles. The fraction of sp³-hybridized carbons (Fsp3) is 0.0769. The van der Waals surface area contributed by atoms with Crippen molar-refractivity contribution < 1.29 is 4.74 Å². The van der Waals surface area contributed by atoms with Crippen molar-refractivity contribution in [2.45, 2.75) is 0 Å². The van der Waals surface area contributed by atoms with Gasteiger partial charge in [-0.05, 0) is 17.7 Å². The van der Waals surface area contributed by atoms with E-state index in [1.807, 2.05) is 42.6 Å². The van der Waals surface area contributed by atoms with Crippen molar-refractivity contribution >= 4 is 17.8 Å². The summed E-state index contributed by atoms with van der Waals surface area (Å²) in [5, 5.41) is 0. The van der Waals surface area contributed by atoms with Gasteiger partial charge in [0.1, 0.15) is 5.75 Å². The molecule has 0 aliphatic heterocycles. The molecule has 0 atom stereocenters. The molecule has 2 aromatic rings. The number of aromatic nitrogens is 1. The molecule has 82 valence electrons. The molecule has 3 nitrogen and oxygen atoms in total. The second kappa shape index (κ2) is 4.57. The highest BCUT2D eigenvalue weighted by atomic mass is 16.5. The Kier molecular flexibility index (Phi) is 2.96. The van der Waals surface area contributed by atoms with E-state index in [4.69, 9.17) is 10.5 Å². The molecule has 0 unspecified atom stereocenters. The minimum absolute atomic E-state index is 0.754. The number of hydrogen-bond donors (Lipinski definition) is 2. The van der Waals surface area contributed by atoms with Gasteiger partial charge < -0.3 is 15.5 Å². The molecule has 0 saturated carbocycles. The van der Waals surface area contributed by atoms with Crippen LogP contribution in [0.2, 0.25) is 0 Å². The Morgan fingerprint density at radius 1 is 1.12 bits per heavy atom. The van der Waals surface area contributed by atoms with Crippen LogP contribution in [0.15, 0.2) is 36.7 Å². The van der Waals surface area contributed by atoms with Gasteiger partial charge in [-0.25, -0.2) is 0 Å². The normalized spacial score (nSPS) is 10.8. The van der Waals surface area contributed by atoms with Gasteiger partial charge in [0, 0.05) is 18.0 Å². The van der Waals surface area contributed by atoms with Gasteiger partial charge in [0.2, 0.25) is 0 Å². The van der Waals surface area contributed by atoms with Crippen LogP contribution in [-0.2, 0) is 0 Å². The summed E-state index contributed by atoms with van der Waals surface area (Å²) in [7, 11) is 1.66. The van der Waals surface area contributed by atoms with Crippen molar-refractivity contribution in [2.24, 2.45) is 0 Å². The first-order valence-electron chi connectivity index (χ1n) is 5.04. The maximum Gasteiger partial charge on any atom is 0.118 e. The van der Waals surface area contributed by atoms with Gasteiger partial charge in [0.25, 0.3) is 0 Å². The van der Waals surface area contributed by atoms with Crippen molar-refractivity contribution in [3.8, 4) is 5.75 Å². The van der Waals surface area contributed by atoms with Gasteiger partial charge in [0.05, 0.1) is 12.8 Å². The highest BCUT2D eigenvalue weighted by molar-refractivity contribution is 5.75. The van der Waals surface area contributed by atoms with Gasteiger partial charge in [0.15, 0.2) is 0 Å². The zero-order valence-corrected chi connectivity index (χ0v) is 9.10. The monoisotopic (exact) mass is 214 g/mol. The number of hydrogen-bond acceptors (Lipinski definition) is 2. The first kappa shape index (κ1) is 10.4. The number of nitrogen functional groups attached to an aromatic ring is 1. The van der Waals surface area contributed by atoms with Crippen LogP contribution in [0.3, 0.4) is 0 Å². The smallest absolute Gasteiger partial charge is 0.118 e. The van der Waals surface area contributed by atoms with E-state index >= 15 is 0 Å². The minimum atomic E-state index is 0.754. The number of nitrogens with one attached hydrogen (secondary N) is 1. The van der Waals surface area contributed by atoms with E-state index in [0.717, 1.165) is 22.6 Å². The molecule has 0 radical (unpaired) electrons. The lowest BCUT2D eigenvalue weighted by Gasteiger charge is -1.98. The van der Waals surface area contributed by atoms with Crippen molar-refractivity contribution in [1.82, 2.24) is 4.98 Å². The van der Waals surface area contributed by atoms with E-state index in [1.54, 1.807) is 13.3 Å². The standard InChI is InChI=1S/C13H14N2O/c1-16-12-6-3-10(4-7-12)2-5-11-8-15-9-13(11)14/h2-9,15H,14H2,1H3/b5-2+. The number of ether oxygens (including phenoxy) is 1. The Bertz CT molecular complexity index is 483. The Morgan fingerprint density at radius 3 is 2.44 bits per heavy atom. The van der Waals surface area contributed by atoms with Crippen LogP contribution >= 0.6 is 0 Å². The fourth-order valence-electron chi connectivity index (χ4n) is 1.43. The second-order valence-electron chi connectivity index (χ2n) is 3.47. The fourth-order valence-corrected chi connectivity index (χ4v) is 1.43. The van der Waals surface area contributed by atoms with E-state index < -0.39 is 0 Å². The molecule has 16 heavy (non-hydrogen) atoms. The third kappa shape index (κ3) is 2.25. The molecule has 0 aliphatic rings. The average Bonchev–Trinajstić information content (AvgIpc) is 2.73. The first-order chi connectivity index (χ1) is 7.79. The Labute approximate surface area is 94.6 Å². The summed E-state index contributed by atoms with van der Waals surface area (Å²) < 4.78 is 5.09. The number of aromatic amines is 1. The molecule has 0 amide bonds. The van der Waals surface area contributed by atoms with Gasteiger partial charge >= 0.3 is 0 Å². The first-order valence-corrected chi connectivity index (χ1v) is 5.04. The summed E-state index contributed by atoms with van der Waals surface area (Å²) in [6, 6.07) is 7.86. The summed E-state index contributed by atoms with van der Waals surface area (Å²) in [5.41, 5.74) is 8.61. The Hall–Kier alpha value is -2.16. The number of anilines is 1. The Balaban J connectivity index is 2.14. The topological polar surface area (TPSA) is 51.0 Å². The minimum Gasteiger partial charge on any atom is -0.497 e. The molecule has 1 aromatic carbocycles. The van der Waals surface area contributed by atoms with Crippen LogP contribution in [0.4, 0.5) is 5.69 Å². The summed E-state index contributed by atoms with van der Waals surface area (Å²) in [5.74, 6) is 0.860. The molecule has 0 fully saturated rings. The maximum absolute atomic E-state index is 5.75. The SMILES string of the molecule is COc1ccc(/C=C/c2c[nH]cc2N)cc1. The highest BCUT2D eigenvalue weighted by Gasteiger charge is 1.94. The number of methoxy groups -OCH3 is 1. The predicted molar refractivity (Wildman–Crippen MR) is 67.1 cm³/mol. The van der Waals surface area contributed by atoms with Crippen LogP contribution in [0.1, 0.15) is 11.1 Å². The summed E-state index contributed by atoms with van der Waals surface area (Å²) in [4.78, 5) is 2.96. The van der Waals surface area contributed by atoms with Crippen molar-refractivity contribution in [3.05, 3.63) is 47.8 Å². The highest BCUT2D eigenvalue weighted by Crippen LogP contribution is 2.16. The van der Waals surface area contributed by atoms with E-state index in [-0.39, 0.29) is 0 Å². The van der Waals surface area contributed by atoms with Crippen molar-refractivity contribution in [2.75, 3.05) is 12.8 Å². The van der Waals surface area contributed by atoms with Gasteiger partial charge in [-0.3, -0.25) is 0 Å². The van der Waals surface area contributed by atoms with E-state index in [0.29, 0.717) is 0 Å². The van der Waals surface area contributed by atoms with Crippen LogP contribution in [-0.4, -0.2) is 12.1 Å².